The van der Waals surface area contributed by atoms with E-state index in [2.05, 4.69) is 4.98 Å². The molecule has 21 heavy (non-hydrogen) atoms. The van der Waals surface area contributed by atoms with Gasteiger partial charge in [0.05, 0.1) is 12.1 Å². The SMILES string of the molecule is NC1(CC(=O)Cc2nc(-c3ccccc3)cs2)CCCC1. The zero-order valence-electron chi connectivity index (χ0n) is 12.0. The molecule has 0 radical (unpaired) electrons. The number of aromatic nitrogens is 1. The molecular weight excluding hydrogens is 280 g/mol. The molecule has 110 valence electrons. The third kappa shape index (κ3) is 3.57. The van der Waals surface area contributed by atoms with Crippen molar-refractivity contribution in [2.75, 3.05) is 0 Å². The molecule has 0 bridgehead atoms. The molecule has 3 rings (SSSR count). The van der Waals surface area contributed by atoms with Gasteiger partial charge in [-0.3, -0.25) is 4.79 Å². The molecule has 1 heterocycles. The van der Waals surface area contributed by atoms with Crippen molar-refractivity contribution in [2.24, 2.45) is 5.73 Å². The molecule has 4 heteroatoms. The zero-order chi connectivity index (χ0) is 14.7. The number of nitrogens with two attached hydrogens (primary N) is 1. The van der Waals surface area contributed by atoms with Crippen LogP contribution in [0.4, 0.5) is 0 Å². The van der Waals surface area contributed by atoms with Gasteiger partial charge >= 0.3 is 0 Å². The molecule has 0 amide bonds. The first-order valence-electron chi connectivity index (χ1n) is 7.45. The molecule has 2 aromatic rings. The van der Waals surface area contributed by atoms with Crippen molar-refractivity contribution in [1.82, 2.24) is 4.98 Å². The van der Waals surface area contributed by atoms with E-state index >= 15 is 0 Å². The highest BCUT2D eigenvalue weighted by molar-refractivity contribution is 7.10. The van der Waals surface area contributed by atoms with Gasteiger partial charge in [0.25, 0.3) is 0 Å². The van der Waals surface area contributed by atoms with Crippen molar-refractivity contribution < 1.29 is 4.79 Å². The summed E-state index contributed by atoms with van der Waals surface area (Å²) in [5, 5.41) is 2.91. The lowest BCUT2D eigenvalue weighted by Gasteiger charge is -2.21. The van der Waals surface area contributed by atoms with Gasteiger partial charge in [-0.2, -0.15) is 0 Å². The van der Waals surface area contributed by atoms with Crippen molar-refractivity contribution in [3.8, 4) is 11.3 Å². The highest BCUT2D eigenvalue weighted by atomic mass is 32.1. The van der Waals surface area contributed by atoms with Crippen LogP contribution in [0.5, 0.6) is 0 Å². The number of ketones is 1. The molecule has 1 aliphatic rings. The Labute approximate surface area is 129 Å². The Morgan fingerprint density at radius 3 is 2.67 bits per heavy atom. The van der Waals surface area contributed by atoms with Gasteiger partial charge in [0.2, 0.25) is 0 Å². The lowest BCUT2D eigenvalue weighted by atomic mass is 9.91. The fourth-order valence-corrected chi connectivity index (χ4v) is 3.85. The van der Waals surface area contributed by atoms with Crippen LogP contribution >= 0.6 is 11.3 Å². The number of carbonyl (C=O) groups excluding carboxylic acids is 1. The molecule has 0 saturated heterocycles. The maximum absolute atomic E-state index is 12.2. The molecular formula is C17H20N2OS. The lowest BCUT2D eigenvalue weighted by molar-refractivity contribution is -0.119. The number of benzene rings is 1. The van der Waals surface area contributed by atoms with E-state index < -0.39 is 0 Å². The standard InChI is InChI=1S/C17H20N2OS/c18-17(8-4-5-9-17)11-14(20)10-16-19-15(12-21-16)13-6-2-1-3-7-13/h1-3,6-7,12H,4-5,8-11,18H2. The minimum absolute atomic E-state index is 0.216. The van der Waals surface area contributed by atoms with Crippen LogP contribution in [0, 0.1) is 0 Å². The quantitative estimate of drug-likeness (QED) is 0.918. The van der Waals surface area contributed by atoms with Gasteiger partial charge in [-0.15, -0.1) is 11.3 Å². The second-order valence-corrected chi connectivity index (χ2v) is 6.90. The molecule has 0 spiro atoms. The van der Waals surface area contributed by atoms with Gasteiger partial charge in [-0.1, -0.05) is 43.2 Å². The van der Waals surface area contributed by atoms with Gasteiger partial charge in [0.1, 0.15) is 10.8 Å². The molecule has 0 aliphatic heterocycles. The molecule has 1 aromatic heterocycles. The van der Waals surface area contributed by atoms with Crippen molar-refractivity contribution in [1.29, 1.82) is 0 Å². The van der Waals surface area contributed by atoms with Gasteiger partial charge in [0, 0.05) is 22.9 Å². The van der Waals surface area contributed by atoms with E-state index in [1.165, 1.54) is 0 Å². The topological polar surface area (TPSA) is 56.0 Å². The van der Waals surface area contributed by atoms with Crippen LogP contribution in [0.25, 0.3) is 11.3 Å². The maximum Gasteiger partial charge on any atom is 0.141 e. The summed E-state index contributed by atoms with van der Waals surface area (Å²) >= 11 is 1.56. The Bertz CT molecular complexity index is 615. The summed E-state index contributed by atoms with van der Waals surface area (Å²) in [4.78, 5) is 16.8. The number of rotatable bonds is 5. The van der Waals surface area contributed by atoms with Crippen molar-refractivity contribution >= 4 is 17.1 Å². The number of nitrogens with zero attached hydrogens (tertiary/aromatic N) is 1. The number of hydrogen-bond acceptors (Lipinski definition) is 4. The molecule has 1 aliphatic carbocycles. The number of thiazole rings is 1. The molecule has 0 atom stereocenters. The fourth-order valence-electron chi connectivity index (χ4n) is 3.01. The van der Waals surface area contributed by atoms with E-state index in [4.69, 9.17) is 5.73 Å². The minimum Gasteiger partial charge on any atom is -0.325 e. The second kappa shape index (κ2) is 6.08. The zero-order valence-corrected chi connectivity index (χ0v) is 12.9. The van der Waals surface area contributed by atoms with E-state index in [0.717, 1.165) is 41.9 Å². The maximum atomic E-state index is 12.2. The largest absolute Gasteiger partial charge is 0.325 e. The predicted molar refractivity (Wildman–Crippen MR) is 86.3 cm³/mol. The van der Waals surface area contributed by atoms with Gasteiger partial charge < -0.3 is 5.73 Å². The Morgan fingerprint density at radius 1 is 1.24 bits per heavy atom. The summed E-state index contributed by atoms with van der Waals surface area (Å²) in [6.45, 7) is 0. The average Bonchev–Trinajstić information content (AvgIpc) is 3.09. The first-order chi connectivity index (χ1) is 10.1. The summed E-state index contributed by atoms with van der Waals surface area (Å²) in [5.41, 5.74) is 8.07. The molecule has 2 N–H and O–H groups in total. The van der Waals surface area contributed by atoms with E-state index in [-0.39, 0.29) is 11.3 Å². The Balaban J connectivity index is 1.63. The molecule has 1 fully saturated rings. The average molecular weight is 300 g/mol. The van der Waals surface area contributed by atoms with Crippen LogP contribution in [-0.2, 0) is 11.2 Å². The van der Waals surface area contributed by atoms with Crippen molar-refractivity contribution in [2.45, 2.75) is 44.1 Å². The predicted octanol–water partition coefficient (Wildman–Crippen LogP) is 3.58. The van der Waals surface area contributed by atoms with Crippen LogP contribution in [-0.4, -0.2) is 16.3 Å². The Morgan fingerprint density at radius 2 is 1.95 bits per heavy atom. The van der Waals surface area contributed by atoms with Gasteiger partial charge in [-0.25, -0.2) is 4.98 Å². The van der Waals surface area contributed by atoms with Crippen LogP contribution in [0.15, 0.2) is 35.7 Å². The normalized spacial score (nSPS) is 17.0. The molecule has 3 nitrogen and oxygen atoms in total. The third-order valence-electron chi connectivity index (χ3n) is 4.12. The van der Waals surface area contributed by atoms with Crippen LogP contribution in [0.1, 0.15) is 37.1 Å². The molecule has 0 unspecified atom stereocenters. The molecule has 1 aromatic carbocycles. The summed E-state index contributed by atoms with van der Waals surface area (Å²) in [6, 6.07) is 10.1. The summed E-state index contributed by atoms with van der Waals surface area (Å²) in [5.74, 6) is 0.216. The van der Waals surface area contributed by atoms with Crippen molar-refractivity contribution in [3.05, 3.63) is 40.7 Å². The van der Waals surface area contributed by atoms with Crippen molar-refractivity contribution in [3.63, 3.8) is 0 Å². The van der Waals surface area contributed by atoms with Crippen LogP contribution in [0.2, 0.25) is 0 Å². The summed E-state index contributed by atoms with van der Waals surface area (Å²) in [6.07, 6.45) is 5.17. The summed E-state index contributed by atoms with van der Waals surface area (Å²) < 4.78 is 0. The smallest absolute Gasteiger partial charge is 0.141 e. The Hall–Kier alpha value is -1.52. The first kappa shape index (κ1) is 14.4. The summed E-state index contributed by atoms with van der Waals surface area (Å²) in [7, 11) is 0. The second-order valence-electron chi connectivity index (χ2n) is 5.95. The van der Waals surface area contributed by atoms with Gasteiger partial charge in [0.15, 0.2) is 0 Å². The van der Waals surface area contributed by atoms with E-state index in [1.807, 2.05) is 35.7 Å². The number of hydrogen-bond donors (Lipinski definition) is 1. The van der Waals surface area contributed by atoms with Crippen LogP contribution in [0.3, 0.4) is 0 Å². The monoisotopic (exact) mass is 300 g/mol. The highest BCUT2D eigenvalue weighted by Gasteiger charge is 2.31. The lowest BCUT2D eigenvalue weighted by Crippen LogP contribution is -2.39. The first-order valence-corrected chi connectivity index (χ1v) is 8.33. The number of carbonyl (C=O) groups is 1. The van der Waals surface area contributed by atoms with E-state index in [9.17, 15) is 4.79 Å². The van der Waals surface area contributed by atoms with E-state index in [1.54, 1.807) is 11.3 Å². The van der Waals surface area contributed by atoms with E-state index in [0.29, 0.717) is 12.8 Å². The third-order valence-corrected chi connectivity index (χ3v) is 4.97. The number of Topliss-reactive ketones (excluding diaryl/α,β-unsaturated/α-hetero) is 1. The minimum atomic E-state index is -0.253. The Kier molecular flexibility index (Phi) is 4.17. The molecule has 1 saturated carbocycles. The highest BCUT2D eigenvalue weighted by Crippen LogP contribution is 2.31. The van der Waals surface area contributed by atoms with Crippen LogP contribution < -0.4 is 5.73 Å². The van der Waals surface area contributed by atoms with Gasteiger partial charge in [-0.05, 0) is 12.8 Å². The fraction of sp³-hybridized carbons (Fsp3) is 0.412.